The maximum atomic E-state index is 9.91. The lowest BCUT2D eigenvalue weighted by atomic mass is 10.0. The van der Waals surface area contributed by atoms with E-state index >= 15 is 0 Å². The van der Waals surface area contributed by atoms with Crippen LogP contribution in [0.15, 0.2) is 0 Å². The molecule has 2 aliphatic rings. The van der Waals surface area contributed by atoms with Crippen LogP contribution in [0.2, 0.25) is 0 Å². The van der Waals surface area contributed by atoms with Gasteiger partial charge in [0.15, 0.2) is 0 Å². The quantitative estimate of drug-likeness (QED) is 0.129. The monoisotopic (exact) mass is 430 g/mol. The zero-order valence-corrected chi connectivity index (χ0v) is 20.2. The van der Waals surface area contributed by atoms with Gasteiger partial charge in [0.1, 0.15) is 13.2 Å². The first-order chi connectivity index (χ1) is 14.2. The Kier molecular flexibility index (Phi) is 14.1. The summed E-state index contributed by atoms with van der Waals surface area (Å²) in [6, 6.07) is 0. The van der Waals surface area contributed by atoms with Gasteiger partial charge in [-0.05, 0) is 6.42 Å². The van der Waals surface area contributed by atoms with Crippen LogP contribution in [0.4, 0.5) is 0 Å². The van der Waals surface area contributed by atoms with Crippen LogP contribution < -0.4 is 0 Å². The van der Waals surface area contributed by atoms with Crippen LogP contribution in [-0.2, 0) is 9.05 Å². The number of hydrogen-bond donors (Lipinski definition) is 1. The molecule has 0 radical (unpaired) electrons. The highest BCUT2D eigenvalue weighted by atomic mass is 31.2. The predicted molar refractivity (Wildman–Crippen MR) is 124 cm³/mol. The molecule has 0 saturated carbocycles. The highest BCUT2D eigenvalue weighted by Gasteiger charge is 2.44. The van der Waals surface area contributed by atoms with E-state index in [4.69, 9.17) is 9.05 Å². The molecule has 0 amide bonds. The molecule has 0 aromatic heterocycles. The molecule has 1 unspecified atom stereocenters. The Morgan fingerprint density at radius 1 is 0.724 bits per heavy atom. The van der Waals surface area contributed by atoms with Crippen molar-refractivity contribution in [2.45, 2.75) is 110 Å². The van der Waals surface area contributed by atoms with Crippen LogP contribution in [0.25, 0.3) is 0 Å². The van der Waals surface area contributed by atoms with Crippen LogP contribution in [0, 0.1) is 5.92 Å². The topological polar surface area (TPSA) is 38.7 Å². The molecule has 4 nitrogen and oxygen atoms in total. The summed E-state index contributed by atoms with van der Waals surface area (Å²) in [6.07, 6.45) is 21.8. The second-order valence-corrected chi connectivity index (χ2v) is 10.6. The van der Waals surface area contributed by atoms with E-state index in [1.54, 1.807) is 0 Å². The minimum absolute atomic E-state index is 0.641. The fraction of sp³-hybridized carbons (Fsp3) is 1.00. The number of quaternary nitrogens is 1. The van der Waals surface area contributed by atoms with Crippen LogP contribution in [0.3, 0.4) is 0 Å². The first kappa shape index (κ1) is 25.5. The van der Waals surface area contributed by atoms with E-state index in [9.17, 15) is 4.89 Å². The Morgan fingerprint density at radius 2 is 1.21 bits per heavy atom. The van der Waals surface area contributed by atoms with Gasteiger partial charge in [-0.15, -0.1) is 0 Å². The van der Waals surface area contributed by atoms with Gasteiger partial charge in [-0.1, -0.05) is 90.4 Å². The zero-order chi connectivity index (χ0) is 20.6. The van der Waals surface area contributed by atoms with E-state index in [1.165, 1.54) is 120 Å². The summed E-state index contributed by atoms with van der Waals surface area (Å²) in [4.78, 5) is 9.91. The molecule has 1 N–H and O–H groups in total. The molecule has 2 heterocycles. The van der Waals surface area contributed by atoms with Gasteiger partial charge >= 0.3 is 8.60 Å². The Balaban J connectivity index is 1.26. The third kappa shape index (κ3) is 11.5. The SMILES string of the molecule is CCCCCCCCCCCCCCCCOP(O)OCC[N+]12CCC(CC1)C2. The lowest BCUT2D eigenvalue weighted by Gasteiger charge is -2.31. The number of fused-ring (bicyclic) bond motifs is 2. The summed E-state index contributed by atoms with van der Waals surface area (Å²) in [5.41, 5.74) is 0. The molecule has 0 spiro atoms. The molecular weight excluding hydrogens is 381 g/mol. The van der Waals surface area contributed by atoms with Crippen LogP contribution in [0.5, 0.6) is 0 Å². The first-order valence-electron chi connectivity index (χ1n) is 12.8. The van der Waals surface area contributed by atoms with Crippen LogP contribution >= 0.6 is 8.60 Å². The fourth-order valence-corrected chi connectivity index (χ4v) is 5.78. The Morgan fingerprint density at radius 3 is 1.69 bits per heavy atom. The third-order valence-corrected chi connectivity index (χ3v) is 7.94. The summed E-state index contributed by atoms with van der Waals surface area (Å²) < 4.78 is 12.3. The molecule has 0 aliphatic carbocycles. The number of unbranched alkanes of at least 4 members (excludes halogenated alkanes) is 13. The average Bonchev–Trinajstić information content (AvgIpc) is 3.32. The molecule has 5 heteroatoms. The third-order valence-electron chi connectivity index (χ3n) is 7.14. The molecule has 2 aliphatic heterocycles. The zero-order valence-electron chi connectivity index (χ0n) is 19.3. The smallest absolute Gasteiger partial charge is 0.328 e. The van der Waals surface area contributed by atoms with Crippen molar-refractivity contribution in [3.8, 4) is 0 Å². The van der Waals surface area contributed by atoms with E-state index in [0.717, 1.165) is 18.9 Å². The van der Waals surface area contributed by atoms with Crippen LogP contribution in [-0.4, -0.2) is 48.8 Å². The normalized spacial score (nSPS) is 24.4. The molecule has 2 bridgehead atoms. The number of rotatable bonds is 20. The van der Waals surface area contributed by atoms with Gasteiger partial charge in [-0.25, -0.2) is 0 Å². The molecule has 0 aromatic rings. The largest absolute Gasteiger partial charge is 0.330 e. The van der Waals surface area contributed by atoms with Crippen molar-refractivity contribution in [1.82, 2.24) is 0 Å². The molecule has 0 aromatic carbocycles. The standard InChI is InChI=1S/C24H49NO3P/c1-2-3-4-5-6-7-8-9-10-11-12-13-14-15-21-27-29(26)28-22-20-25-18-16-24(23-25)17-19-25/h24,26H,2-23H2,1H3/q+1. The van der Waals surface area contributed by atoms with E-state index in [1.807, 2.05) is 0 Å². The average molecular weight is 431 g/mol. The van der Waals surface area contributed by atoms with Crippen molar-refractivity contribution >= 4 is 8.60 Å². The van der Waals surface area contributed by atoms with Gasteiger partial charge < -0.3 is 18.4 Å². The van der Waals surface area contributed by atoms with Gasteiger partial charge in [0.25, 0.3) is 0 Å². The fourth-order valence-electron chi connectivity index (χ4n) is 5.19. The summed E-state index contributed by atoms with van der Waals surface area (Å²) in [5, 5.41) is 0. The maximum absolute atomic E-state index is 9.91. The maximum Gasteiger partial charge on any atom is 0.330 e. The predicted octanol–water partition coefficient (Wildman–Crippen LogP) is 6.96. The summed E-state index contributed by atoms with van der Waals surface area (Å²) in [7, 11) is -1.67. The van der Waals surface area contributed by atoms with E-state index in [2.05, 4.69) is 6.92 Å². The molecule has 172 valence electrons. The molecule has 2 rings (SSSR count). The van der Waals surface area contributed by atoms with Crippen molar-refractivity contribution in [3.05, 3.63) is 0 Å². The summed E-state index contributed by atoms with van der Waals surface area (Å²) in [5.74, 6) is 0.960. The second-order valence-electron chi connectivity index (χ2n) is 9.64. The Hall–Kier alpha value is 0.270. The van der Waals surface area contributed by atoms with E-state index < -0.39 is 8.60 Å². The lowest BCUT2D eigenvalue weighted by Crippen LogP contribution is -2.45. The van der Waals surface area contributed by atoms with Crippen molar-refractivity contribution < 1.29 is 18.4 Å². The Labute approximate surface area is 182 Å². The molecule has 2 saturated heterocycles. The van der Waals surface area contributed by atoms with Gasteiger partial charge in [-0.2, -0.15) is 0 Å². The Bertz CT molecular complexity index is 388. The van der Waals surface area contributed by atoms with Crippen molar-refractivity contribution in [1.29, 1.82) is 0 Å². The van der Waals surface area contributed by atoms with Gasteiger partial charge in [-0.3, -0.25) is 0 Å². The lowest BCUT2D eigenvalue weighted by molar-refractivity contribution is -0.909. The minimum Gasteiger partial charge on any atom is -0.328 e. The molecular formula is C24H49NO3P+. The van der Waals surface area contributed by atoms with Crippen molar-refractivity contribution in [2.24, 2.45) is 5.92 Å². The highest BCUT2D eigenvalue weighted by Crippen LogP contribution is 2.37. The van der Waals surface area contributed by atoms with Gasteiger partial charge in [0.2, 0.25) is 0 Å². The van der Waals surface area contributed by atoms with E-state index in [-0.39, 0.29) is 0 Å². The van der Waals surface area contributed by atoms with Gasteiger partial charge in [0, 0.05) is 18.8 Å². The van der Waals surface area contributed by atoms with Crippen molar-refractivity contribution in [3.63, 3.8) is 0 Å². The van der Waals surface area contributed by atoms with Crippen molar-refractivity contribution in [2.75, 3.05) is 39.4 Å². The molecule has 29 heavy (non-hydrogen) atoms. The van der Waals surface area contributed by atoms with Gasteiger partial charge in [0.05, 0.1) is 26.2 Å². The first-order valence-corrected chi connectivity index (χ1v) is 14.0. The van der Waals surface area contributed by atoms with Crippen LogP contribution in [0.1, 0.15) is 110 Å². The number of nitrogens with zero attached hydrogens (tertiary/aromatic N) is 1. The number of hydrogen-bond acceptors (Lipinski definition) is 3. The highest BCUT2D eigenvalue weighted by molar-refractivity contribution is 7.40. The second kappa shape index (κ2) is 16.0. The number of piperidine rings is 1. The summed E-state index contributed by atoms with van der Waals surface area (Å²) in [6.45, 7) is 8.60. The molecule has 2 fully saturated rings. The minimum atomic E-state index is -1.67. The summed E-state index contributed by atoms with van der Waals surface area (Å²) >= 11 is 0. The van der Waals surface area contributed by atoms with E-state index in [0.29, 0.717) is 13.2 Å². The molecule has 1 atom stereocenters.